The zero-order valence-corrected chi connectivity index (χ0v) is 16.5. The van der Waals surface area contributed by atoms with Gasteiger partial charge in [-0.2, -0.15) is 0 Å². The van der Waals surface area contributed by atoms with E-state index in [2.05, 4.69) is 24.3 Å². The lowest BCUT2D eigenvalue weighted by Gasteiger charge is -2.19. The molecule has 25 heavy (non-hydrogen) atoms. The van der Waals surface area contributed by atoms with Crippen LogP contribution in [0.25, 0.3) is 0 Å². The summed E-state index contributed by atoms with van der Waals surface area (Å²) in [7, 11) is 0. The molecule has 0 aromatic heterocycles. The van der Waals surface area contributed by atoms with Crippen molar-refractivity contribution in [3.05, 3.63) is 70.2 Å². The Morgan fingerprint density at radius 1 is 1.04 bits per heavy atom. The summed E-state index contributed by atoms with van der Waals surface area (Å²) in [6.07, 6.45) is 5.38. The van der Waals surface area contributed by atoms with Crippen molar-refractivity contribution in [3.8, 4) is 0 Å². The van der Waals surface area contributed by atoms with Crippen LogP contribution in [-0.2, 0) is 23.4 Å². The van der Waals surface area contributed by atoms with Crippen LogP contribution in [0, 0.1) is 0 Å². The van der Waals surface area contributed by atoms with Crippen LogP contribution in [0.1, 0.15) is 43.4 Å². The van der Waals surface area contributed by atoms with Crippen LogP contribution in [0.2, 0.25) is 5.02 Å². The molecule has 134 valence electrons. The van der Waals surface area contributed by atoms with E-state index in [0.29, 0.717) is 5.75 Å². The average molecular weight is 376 g/mol. The molecule has 0 saturated heterocycles. The van der Waals surface area contributed by atoms with E-state index in [4.69, 9.17) is 17.3 Å². The monoisotopic (exact) mass is 375 g/mol. The fraction of sp³-hybridized carbons (Fsp3) is 0.381. The number of hydrogen-bond donors (Lipinski definition) is 1. The van der Waals surface area contributed by atoms with Gasteiger partial charge in [-0.1, -0.05) is 54.1 Å². The number of primary amides is 1. The van der Waals surface area contributed by atoms with Gasteiger partial charge < -0.3 is 5.73 Å². The Balaban J connectivity index is 0.000000194. The molecule has 1 amide bonds. The van der Waals surface area contributed by atoms with E-state index in [1.807, 2.05) is 38.1 Å². The Hall–Kier alpha value is -1.45. The number of fused-ring (bicyclic) bond motifs is 1. The van der Waals surface area contributed by atoms with Crippen molar-refractivity contribution < 1.29 is 4.79 Å². The summed E-state index contributed by atoms with van der Waals surface area (Å²) in [5, 5.41) is 0.727. The number of carbonyl (C=O) groups excluding carboxylic acids is 1. The first kappa shape index (κ1) is 19.9. The summed E-state index contributed by atoms with van der Waals surface area (Å²) in [6.45, 7) is 3.63. The summed E-state index contributed by atoms with van der Waals surface area (Å²) in [6, 6.07) is 16.4. The topological polar surface area (TPSA) is 43.1 Å². The fourth-order valence-corrected chi connectivity index (χ4v) is 3.81. The lowest BCUT2D eigenvalue weighted by atomic mass is 9.92. The number of amides is 1. The van der Waals surface area contributed by atoms with Crippen LogP contribution >= 0.6 is 23.4 Å². The number of halogens is 1. The first-order valence-corrected chi connectivity index (χ1v) is 10.0. The smallest absolute Gasteiger partial charge is 0.233 e. The van der Waals surface area contributed by atoms with Gasteiger partial charge in [-0.15, -0.1) is 11.8 Å². The van der Waals surface area contributed by atoms with Crippen molar-refractivity contribution in [3.63, 3.8) is 0 Å². The van der Waals surface area contributed by atoms with Crippen LogP contribution < -0.4 is 5.73 Å². The van der Waals surface area contributed by atoms with Gasteiger partial charge in [0, 0.05) is 10.8 Å². The summed E-state index contributed by atoms with van der Waals surface area (Å²) in [5.41, 5.74) is 9.46. The summed E-state index contributed by atoms with van der Waals surface area (Å²) in [4.78, 5) is 11.1. The minimum atomic E-state index is -0.556. The number of nitrogens with two attached hydrogens (primary N) is 1. The van der Waals surface area contributed by atoms with Crippen molar-refractivity contribution in [1.82, 2.24) is 0 Å². The van der Waals surface area contributed by atoms with Gasteiger partial charge in [-0.05, 0) is 62.3 Å². The zero-order valence-electron chi connectivity index (χ0n) is 14.9. The molecule has 1 aliphatic carbocycles. The molecule has 0 atom stereocenters. The number of carbonyl (C=O) groups is 1. The van der Waals surface area contributed by atoms with Gasteiger partial charge in [0.2, 0.25) is 5.91 Å². The Labute approximate surface area is 160 Å². The van der Waals surface area contributed by atoms with E-state index in [9.17, 15) is 4.79 Å². The molecule has 4 heteroatoms. The second-order valence-electron chi connectivity index (χ2n) is 6.73. The molecule has 0 heterocycles. The second kappa shape index (κ2) is 9.30. The Bertz CT molecular complexity index is 690. The van der Waals surface area contributed by atoms with E-state index in [-0.39, 0.29) is 5.91 Å². The fourth-order valence-electron chi connectivity index (χ4n) is 2.62. The molecule has 2 nitrogen and oxygen atoms in total. The molecule has 0 fully saturated rings. The van der Waals surface area contributed by atoms with E-state index in [1.165, 1.54) is 37.4 Å². The third-order valence-electron chi connectivity index (χ3n) is 4.40. The molecule has 0 aliphatic heterocycles. The SMILES string of the molecule is CC(C)(SCc1ccccc1Cl)C(N)=O.c1ccc2c(c1)CCCC2. The zero-order chi connectivity index (χ0) is 18.3. The number of aryl methyl sites for hydroxylation is 2. The summed E-state index contributed by atoms with van der Waals surface area (Å²) in [5.74, 6) is 0.384. The maximum atomic E-state index is 11.1. The molecule has 0 saturated carbocycles. The van der Waals surface area contributed by atoms with E-state index in [1.54, 1.807) is 11.1 Å². The van der Waals surface area contributed by atoms with Gasteiger partial charge in [0.15, 0.2) is 0 Å². The maximum Gasteiger partial charge on any atom is 0.233 e. The van der Waals surface area contributed by atoms with Crippen LogP contribution in [0.5, 0.6) is 0 Å². The minimum Gasteiger partial charge on any atom is -0.368 e. The molecule has 2 N–H and O–H groups in total. The lowest BCUT2D eigenvalue weighted by Crippen LogP contribution is -2.34. The van der Waals surface area contributed by atoms with Crippen LogP contribution in [0.3, 0.4) is 0 Å². The highest BCUT2D eigenvalue weighted by atomic mass is 35.5. The molecular weight excluding hydrogens is 350 g/mol. The van der Waals surface area contributed by atoms with Crippen molar-refractivity contribution in [1.29, 1.82) is 0 Å². The third-order valence-corrected chi connectivity index (χ3v) is 6.15. The standard InChI is InChI=1S/C11H14ClNOS.C10H12/c1-11(2,10(13)14)15-7-8-5-3-4-6-9(8)12;1-2-6-10-8-4-3-7-9(10)5-1/h3-6H,7H2,1-2H3,(H2,13,14);1-2,5-6H,3-4,7-8H2. The van der Waals surface area contributed by atoms with Crippen molar-refractivity contribution in [2.24, 2.45) is 5.73 Å². The quantitative estimate of drug-likeness (QED) is 0.777. The number of benzene rings is 2. The lowest BCUT2D eigenvalue weighted by molar-refractivity contribution is -0.119. The Morgan fingerprint density at radius 3 is 2.08 bits per heavy atom. The van der Waals surface area contributed by atoms with Gasteiger partial charge in [0.25, 0.3) is 0 Å². The van der Waals surface area contributed by atoms with Crippen molar-refractivity contribution >= 4 is 29.3 Å². The molecule has 3 rings (SSSR count). The molecular formula is C21H26ClNOS. The summed E-state index contributed by atoms with van der Waals surface area (Å²) >= 11 is 7.50. The van der Waals surface area contributed by atoms with Gasteiger partial charge in [-0.3, -0.25) is 4.79 Å². The molecule has 0 spiro atoms. The minimum absolute atomic E-state index is 0.306. The average Bonchev–Trinajstić information content (AvgIpc) is 2.61. The normalized spacial score (nSPS) is 13.4. The van der Waals surface area contributed by atoms with Crippen molar-refractivity contribution in [2.75, 3.05) is 0 Å². The van der Waals surface area contributed by atoms with E-state index >= 15 is 0 Å². The predicted octanol–water partition coefficient (Wildman–Crippen LogP) is 5.40. The van der Waals surface area contributed by atoms with Gasteiger partial charge in [0.05, 0.1) is 4.75 Å². The number of rotatable bonds is 4. The van der Waals surface area contributed by atoms with Gasteiger partial charge in [-0.25, -0.2) is 0 Å². The third kappa shape index (κ3) is 6.09. The molecule has 0 radical (unpaired) electrons. The van der Waals surface area contributed by atoms with Gasteiger partial charge in [0.1, 0.15) is 0 Å². The Morgan fingerprint density at radius 2 is 1.56 bits per heavy atom. The van der Waals surface area contributed by atoms with E-state index < -0.39 is 4.75 Å². The Kier molecular flexibility index (Phi) is 7.39. The van der Waals surface area contributed by atoms with Gasteiger partial charge >= 0.3 is 0 Å². The molecule has 0 bridgehead atoms. The van der Waals surface area contributed by atoms with E-state index in [0.717, 1.165) is 10.6 Å². The van der Waals surface area contributed by atoms with Crippen molar-refractivity contribution in [2.45, 2.75) is 50.0 Å². The summed E-state index contributed by atoms with van der Waals surface area (Å²) < 4.78 is -0.556. The first-order valence-electron chi connectivity index (χ1n) is 8.64. The number of thioether (sulfide) groups is 1. The number of hydrogen-bond acceptors (Lipinski definition) is 2. The second-order valence-corrected chi connectivity index (χ2v) is 8.74. The highest BCUT2D eigenvalue weighted by Gasteiger charge is 2.25. The molecule has 2 aromatic carbocycles. The molecule has 2 aromatic rings. The molecule has 1 aliphatic rings. The molecule has 0 unspecified atom stereocenters. The van der Waals surface area contributed by atoms with Crippen LogP contribution in [0.15, 0.2) is 48.5 Å². The first-order chi connectivity index (χ1) is 11.9. The highest BCUT2D eigenvalue weighted by Crippen LogP contribution is 2.30. The van der Waals surface area contributed by atoms with Crippen LogP contribution in [-0.4, -0.2) is 10.7 Å². The predicted molar refractivity (Wildman–Crippen MR) is 109 cm³/mol. The maximum absolute atomic E-state index is 11.1. The largest absolute Gasteiger partial charge is 0.368 e. The van der Waals surface area contributed by atoms with Crippen LogP contribution in [0.4, 0.5) is 0 Å². The highest BCUT2D eigenvalue weighted by molar-refractivity contribution is 8.00.